The van der Waals surface area contributed by atoms with Crippen molar-refractivity contribution in [2.75, 3.05) is 19.3 Å². The van der Waals surface area contributed by atoms with Gasteiger partial charge in [-0.2, -0.15) is 0 Å². The highest BCUT2D eigenvalue weighted by Gasteiger charge is 2.36. The number of amides is 2. The van der Waals surface area contributed by atoms with Gasteiger partial charge in [-0.15, -0.1) is 5.10 Å². The van der Waals surface area contributed by atoms with Crippen LogP contribution in [-0.4, -0.2) is 53.1 Å². The number of rotatable bonds is 6. The standard InChI is InChI=1S/C21H34N4O3S/c1-25-13-14-29-21(25)24-23-20(28)18(26)17(15-9-7-4-8-10-15)22-19(27)16-11-5-2-3-6-12-16/h15-17H,2-14H2,1H3,(H,22,27)(H,23,28)/b24-21-/t17-/m0/s1. The number of nitrogens with zero attached hydrogens (tertiary/aromatic N) is 2. The number of amidine groups is 1. The van der Waals surface area contributed by atoms with Gasteiger partial charge in [-0.1, -0.05) is 56.7 Å². The molecular weight excluding hydrogens is 388 g/mol. The second kappa shape index (κ2) is 11.0. The van der Waals surface area contributed by atoms with Crippen LogP contribution in [0.25, 0.3) is 0 Å². The van der Waals surface area contributed by atoms with Crippen molar-refractivity contribution in [3.05, 3.63) is 0 Å². The molecule has 0 aromatic rings. The highest BCUT2D eigenvalue weighted by atomic mass is 32.2. The van der Waals surface area contributed by atoms with Gasteiger partial charge >= 0.3 is 5.91 Å². The van der Waals surface area contributed by atoms with Crippen molar-refractivity contribution in [3.63, 3.8) is 0 Å². The second-order valence-electron chi connectivity index (χ2n) is 8.54. The van der Waals surface area contributed by atoms with E-state index in [0.29, 0.717) is 5.17 Å². The molecule has 1 heterocycles. The van der Waals surface area contributed by atoms with Crippen molar-refractivity contribution in [2.45, 2.75) is 76.7 Å². The van der Waals surface area contributed by atoms with Crippen LogP contribution in [0.15, 0.2) is 5.10 Å². The van der Waals surface area contributed by atoms with Gasteiger partial charge in [0.1, 0.15) is 6.04 Å². The molecule has 0 spiro atoms. The van der Waals surface area contributed by atoms with E-state index in [1.165, 1.54) is 12.8 Å². The van der Waals surface area contributed by atoms with E-state index in [4.69, 9.17) is 0 Å². The third-order valence-electron chi connectivity index (χ3n) is 6.39. The fourth-order valence-corrected chi connectivity index (χ4v) is 5.54. The predicted molar refractivity (Wildman–Crippen MR) is 115 cm³/mol. The van der Waals surface area contributed by atoms with Crippen molar-refractivity contribution in [1.29, 1.82) is 0 Å². The lowest BCUT2D eigenvalue weighted by Crippen LogP contribution is -2.52. The fourth-order valence-electron chi connectivity index (χ4n) is 4.57. The lowest BCUT2D eigenvalue weighted by atomic mass is 9.81. The number of hydrogen-bond acceptors (Lipinski definition) is 5. The molecule has 2 saturated carbocycles. The number of ketones is 1. The molecule has 2 aliphatic carbocycles. The van der Waals surface area contributed by atoms with Crippen molar-refractivity contribution in [3.8, 4) is 0 Å². The topological polar surface area (TPSA) is 90.9 Å². The largest absolute Gasteiger partial charge is 0.352 e. The van der Waals surface area contributed by atoms with Crippen LogP contribution in [0.5, 0.6) is 0 Å². The summed E-state index contributed by atoms with van der Waals surface area (Å²) in [7, 11) is 1.91. The van der Waals surface area contributed by atoms with Crippen LogP contribution in [0.1, 0.15) is 70.6 Å². The Bertz CT molecular complexity index is 625. The van der Waals surface area contributed by atoms with E-state index in [2.05, 4.69) is 15.8 Å². The third kappa shape index (κ3) is 6.20. The smallest absolute Gasteiger partial charge is 0.309 e. The summed E-state index contributed by atoms with van der Waals surface area (Å²) >= 11 is 1.55. The van der Waals surface area contributed by atoms with E-state index in [1.807, 2.05) is 11.9 Å². The SMILES string of the molecule is CN1CCS/C1=N\NC(=O)C(=O)[C@@H](NC(=O)C1CCCCCC1)C1CCCCC1. The maximum atomic E-state index is 13.0. The number of Topliss-reactive ketones (excluding diaryl/α,β-unsaturated/α-hetero) is 1. The minimum Gasteiger partial charge on any atom is -0.352 e. The zero-order chi connectivity index (χ0) is 20.6. The molecule has 1 atom stereocenters. The lowest BCUT2D eigenvalue weighted by molar-refractivity contribution is -0.141. The molecule has 7 nitrogen and oxygen atoms in total. The molecule has 0 aromatic heterocycles. The Morgan fingerprint density at radius 1 is 1.00 bits per heavy atom. The van der Waals surface area contributed by atoms with Gasteiger partial charge in [0, 0.05) is 25.3 Å². The summed E-state index contributed by atoms with van der Waals surface area (Å²) in [5, 5.41) is 7.81. The molecule has 162 valence electrons. The summed E-state index contributed by atoms with van der Waals surface area (Å²) < 4.78 is 0. The van der Waals surface area contributed by atoms with E-state index in [1.54, 1.807) is 11.8 Å². The maximum absolute atomic E-state index is 13.0. The van der Waals surface area contributed by atoms with Crippen molar-refractivity contribution in [2.24, 2.45) is 16.9 Å². The summed E-state index contributed by atoms with van der Waals surface area (Å²) in [6.45, 7) is 0.870. The zero-order valence-corrected chi connectivity index (χ0v) is 18.3. The first-order valence-electron chi connectivity index (χ1n) is 11.1. The molecule has 1 saturated heterocycles. The Morgan fingerprint density at radius 3 is 2.24 bits per heavy atom. The predicted octanol–water partition coefficient (Wildman–Crippen LogP) is 2.66. The Kier molecular flexibility index (Phi) is 8.39. The molecule has 2 N–H and O–H groups in total. The van der Waals surface area contributed by atoms with Crippen LogP contribution < -0.4 is 10.7 Å². The first kappa shape index (κ1) is 22.1. The van der Waals surface area contributed by atoms with Crippen molar-refractivity contribution >= 4 is 34.5 Å². The van der Waals surface area contributed by atoms with Crippen molar-refractivity contribution in [1.82, 2.24) is 15.6 Å². The first-order chi connectivity index (χ1) is 14.1. The van der Waals surface area contributed by atoms with Crippen LogP contribution in [0, 0.1) is 11.8 Å². The van der Waals surface area contributed by atoms with Gasteiger partial charge in [-0.05, 0) is 31.6 Å². The van der Waals surface area contributed by atoms with Gasteiger partial charge in [-0.25, -0.2) is 5.43 Å². The molecule has 8 heteroatoms. The quantitative estimate of drug-likeness (QED) is 0.390. The van der Waals surface area contributed by atoms with Gasteiger partial charge in [0.05, 0.1) is 0 Å². The van der Waals surface area contributed by atoms with Crippen molar-refractivity contribution < 1.29 is 14.4 Å². The highest BCUT2D eigenvalue weighted by molar-refractivity contribution is 8.14. The summed E-state index contributed by atoms with van der Waals surface area (Å²) in [4.78, 5) is 40.4. The van der Waals surface area contributed by atoms with Crippen LogP contribution in [-0.2, 0) is 14.4 Å². The van der Waals surface area contributed by atoms with Crippen LogP contribution in [0.2, 0.25) is 0 Å². The molecule has 29 heavy (non-hydrogen) atoms. The monoisotopic (exact) mass is 422 g/mol. The van der Waals surface area contributed by atoms with Gasteiger partial charge in [0.2, 0.25) is 11.7 Å². The third-order valence-corrected chi connectivity index (χ3v) is 7.44. The number of carbonyl (C=O) groups excluding carboxylic acids is 3. The maximum Gasteiger partial charge on any atom is 0.309 e. The molecule has 0 aromatic carbocycles. The number of thioether (sulfide) groups is 1. The number of hydrazone groups is 1. The van der Waals surface area contributed by atoms with Crippen LogP contribution in [0.3, 0.4) is 0 Å². The molecule has 0 radical (unpaired) electrons. The molecule has 0 unspecified atom stereocenters. The Balaban J connectivity index is 1.65. The Labute approximate surface area is 177 Å². The van der Waals surface area contributed by atoms with Gasteiger partial charge in [0.25, 0.3) is 0 Å². The fraction of sp³-hybridized carbons (Fsp3) is 0.810. The minimum atomic E-state index is -0.736. The molecule has 3 rings (SSSR count). The molecule has 3 aliphatic rings. The van der Waals surface area contributed by atoms with E-state index in [0.717, 1.165) is 70.1 Å². The number of hydrogen-bond donors (Lipinski definition) is 2. The first-order valence-corrected chi connectivity index (χ1v) is 12.1. The van der Waals surface area contributed by atoms with E-state index in [-0.39, 0.29) is 17.7 Å². The molecule has 0 bridgehead atoms. The van der Waals surface area contributed by atoms with Gasteiger partial charge in [-0.3, -0.25) is 14.4 Å². The number of carbonyl (C=O) groups is 3. The summed E-state index contributed by atoms with van der Waals surface area (Å²) in [6.07, 6.45) is 11.2. The van der Waals surface area contributed by atoms with E-state index >= 15 is 0 Å². The minimum absolute atomic E-state index is 0.0351. The molecule has 2 amide bonds. The molecule has 3 fully saturated rings. The molecule has 1 aliphatic heterocycles. The highest BCUT2D eigenvalue weighted by Crippen LogP contribution is 2.28. The van der Waals surface area contributed by atoms with Crippen LogP contribution in [0.4, 0.5) is 0 Å². The molecular formula is C21H34N4O3S. The second-order valence-corrected chi connectivity index (χ2v) is 9.60. The number of nitrogens with one attached hydrogen (secondary N) is 2. The van der Waals surface area contributed by atoms with Gasteiger partial charge < -0.3 is 10.2 Å². The van der Waals surface area contributed by atoms with Gasteiger partial charge in [0.15, 0.2) is 5.17 Å². The summed E-state index contributed by atoms with van der Waals surface area (Å²) in [5.41, 5.74) is 2.42. The Hall–Kier alpha value is -1.57. The average Bonchev–Trinajstić information content (AvgIpc) is 2.97. The zero-order valence-electron chi connectivity index (χ0n) is 17.5. The summed E-state index contributed by atoms with van der Waals surface area (Å²) in [5.74, 6) is -0.428. The normalized spacial score (nSPS) is 24.2. The summed E-state index contributed by atoms with van der Waals surface area (Å²) in [6, 6.07) is -0.736. The average molecular weight is 423 g/mol. The van der Waals surface area contributed by atoms with Crippen LogP contribution >= 0.6 is 11.8 Å². The Morgan fingerprint density at radius 2 is 1.62 bits per heavy atom. The van der Waals surface area contributed by atoms with E-state index in [9.17, 15) is 14.4 Å². The lowest BCUT2D eigenvalue weighted by Gasteiger charge is -2.30. The van der Waals surface area contributed by atoms with E-state index < -0.39 is 17.7 Å².